The molecule has 0 radical (unpaired) electrons. The van der Waals surface area contributed by atoms with Gasteiger partial charge in [-0.2, -0.15) is 4.98 Å². The summed E-state index contributed by atoms with van der Waals surface area (Å²) in [6.07, 6.45) is 3.50. The Morgan fingerprint density at radius 1 is 1.47 bits per heavy atom. The van der Waals surface area contributed by atoms with Gasteiger partial charge >= 0.3 is 0 Å². The SMILES string of the molecule is CNc1nc(OCCC2CCCN2C)c(Cl)cc1Cl. The molecule has 0 bridgehead atoms. The highest BCUT2D eigenvalue weighted by atomic mass is 35.5. The van der Waals surface area contributed by atoms with E-state index in [1.807, 2.05) is 0 Å². The summed E-state index contributed by atoms with van der Waals surface area (Å²) in [4.78, 5) is 6.64. The molecule has 106 valence electrons. The lowest BCUT2D eigenvalue weighted by Crippen LogP contribution is -2.26. The molecule has 0 amide bonds. The van der Waals surface area contributed by atoms with Crippen molar-refractivity contribution in [3.63, 3.8) is 0 Å². The molecule has 0 spiro atoms. The number of hydrogen-bond acceptors (Lipinski definition) is 4. The number of anilines is 1. The van der Waals surface area contributed by atoms with E-state index < -0.39 is 0 Å². The Labute approximate surface area is 124 Å². The molecule has 1 fully saturated rings. The van der Waals surface area contributed by atoms with Crippen molar-refractivity contribution in [3.05, 3.63) is 16.1 Å². The molecule has 0 aromatic carbocycles. The van der Waals surface area contributed by atoms with Crippen LogP contribution in [0.4, 0.5) is 5.82 Å². The van der Waals surface area contributed by atoms with E-state index in [-0.39, 0.29) is 0 Å². The van der Waals surface area contributed by atoms with Crippen molar-refractivity contribution >= 4 is 29.0 Å². The summed E-state index contributed by atoms with van der Waals surface area (Å²) in [5.74, 6) is 1.02. The molecule has 0 aliphatic carbocycles. The molecule has 1 aliphatic rings. The molecule has 1 atom stereocenters. The van der Waals surface area contributed by atoms with Gasteiger partial charge in [-0.05, 0) is 38.9 Å². The van der Waals surface area contributed by atoms with Gasteiger partial charge in [0.15, 0.2) is 0 Å². The van der Waals surface area contributed by atoms with E-state index >= 15 is 0 Å². The monoisotopic (exact) mass is 303 g/mol. The number of aromatic nitrogens is 1. The first-order valence-corrected chi connectivity index (χ1v) is 7.24. The summed E-state index contributed by atoms with van der Waals surface area (Å²) in [7, 11) is 3.92. The van der Waals surface area contributed by atoms with Gasteiger partial charge in [0.05, 0.1) is 11.6 Å². The molecule has 1 saturated heterocycles. The first-order valence-electron chi connectivity index (χ1n) is 6.48. The van der Waals surface area contributed by atoms with E-state index in [1.165, 1.54) is 19.4 Å². The van der Waals surface area contributed by atoms with Gasteiger partial charge in [-0.25, -0.2) is 0 Å². The minimum atomic E-state index is 0.441. The van der Waals surface area contributed by atoms with Gasteiger partial charge in [0.1, 0.15) is 10.8 Å². The van der Waals surface area contributed by atoms with Crippen LogP contribution in [0.3, 0.4) is 0 Å². The quantitative estimate of drug-likeness (QED) is 0.906. The average molecular weight is 304 g/mol. The third-order valence-electron chi connectivity index (χ3n) is 3.50. The maximum Gasteiger partial charge on any atom is 0.234 e. The van der Waals surface area contributed by atoms with E-state index in [0.717, 1.165) is 6.42 Å². The van der Waals surface area contributed by atoms with Crippen LogP contribution in [0.15, 0.2) is 6.07 Å². The fourth-order valence-corrected chi connectivity index (χ4v) is 2.87. The Morgan fingerprint density at radius 2 is 2.26 bits per heavy atom. The first-order chi connectivity index (χ1) is 9.11. The van der Waals surface area contributed by atoms with E-state index in [0.29, 0.717) is 34.4 Å². The zero-order valence-electron chi connectivity index (χ0n) is 11.2. The summed E-state index contributed by atoms with van der Waals surface area (Å²) in [6.45, 7) is 1.79. The molecule has 2 rings (SSSR count). The molecule has 4 nitrogen and oxygen atoms in total. The average Bonchev–Trinajstić information content (AvgIpc) is 2.78. The molecule has 19 heavy (non-hydrogen) atoms. The molecular formula is C13H19Cl2N3O. The normalized spacial score (nSPS) is 19.7. The van der Waals surface area contributed by atoms with E-state index in [9.17, 15) is 0 Å². The Morgan fingerprint density at radius 3 is 2.89 bits per heavy atom. The van der Waals surface area contributed by atoms with Crippen LogP contribution in [0.25, 0.3) is 0 Å². The van der Waals surface area contributed by atoms with Crippen LogP contribution in [0.1, 0.15) is 19.3 Å². The van der Waals surface area contributed by atoms with E-state index in [2.05, 4.69) is 22.2 Å². The largest absolute Gasteiger partial charge is 0.476 e. The number of hydrogen-bond donors (Lipinski definition) is 1. The predicted octanol–water partition coefficient (Wildman–Crippen LogP) is 3.29. The third-order valence-corrected chi connectivity index (χ3v) is 4.05. The van der Waals surface area contributed by atoms with Crippen molar-refractivity contribution in [1.29, 1.82) is 0 Å². The Kier molecular flexibility index (Phi) is 5.13. The third kappa shape index (κ3) is 3.65. The standard InChI is InChI=1S/C13H19Cl2N3O/c1-16-12-10(14)8-11(15)13(17-12)19-7-5-9-4-3-6-18(9)2/h8-9H,3-7H2,1-2H3,(H,16,17). The molecule has 6 heteroatoms. The second-order valence-corrected chi connectivity index (χ2v) is 5.58. The molecule has 1 aromatic heterocycles. The molecular weight excluding hydrogens is 285 g/mol. The van der Waals surface area contributed by atoms with E-state index in [4.69, 9.17) is 27.9 Å². The minimum absolute atomic E-state index is 0.441. The van der Waals surface area contributed by atoms with Crippen molar-refractivity contribution in [2.45, 2.75) is 25.3 Å². The highest BCUT2D eigenvalue weighted by Crippen LogP contribution is 2.30. The fourth-order valence-electron chi connectivity index (χ4n) is 2.36. The number of ether oxygens (including phenoxy) is 1. The van der Waals surface area contributed by atoms with Gasteiger partial charge in [0.2, 0.25) is 5.88 Å². The second-order valence-electron chi connectivity index (χ2n) is 4.77. The van der Waals surface area contributed by atoms with Crippen LogP contribution in [0, 0.1) is 0 Å². The maximum atomic E-state index is 6.07. The number of pyridine rings is 1. The Hall–Kier alpha value is -0.710. The van der Waals surface area contributed by atoms with Crippen molar-refractivity contribution in [2.75, 3.05) is 32.6 Å². The van der Waals surface area contributed by atoms with Crippen molar-refractivity contribution in [3.8, 4) is 5.88 Å². The molecule has 1 aliphatic heterocycles. The number of nitrogens with zero attached hydrogens (tertiary/aromatic N) is 2. The zero-order chi connectivity index (χ0) is 13.8. The molecule has 0 saturated carbocycles. The van der Waals surface area contributed by atoms with Gasteiger partial charge in [0, 0.05) is 13.1 Å². The summed E-state index contributed by atoms with van der Waals surface area (Å²) in [5, 5.41) is 3.86. The summed E-state index contributed by atoms with van der Waals surface area (Å²) >= 11 is 12.1. The molecule has 1 N–H and O–H groups in total. The van der Waals surface area contributed by atoms with Crippen LogP contribution in [0.2, 0.25) is 10.0 Å². The lowest BCUT2D eigenvalue weighted by atomic mass is 10.1. The van der Waals surface area contributed by atoms with Crippen LogP contribution in [-0.4, -0.2) is 43.2 Å². The number of halogens is 2. The summed E-state index contributed by atoms with van der Waals surface area (Å²) in [6, 6.07) is 2.26. The van der Waals surface area contributed by atoms with Crippen molar-refractivity contribution in [1.82, 2.24) is 9.88 Å². The van der Waals surface area contributed by atoms with Gasteiger partial charge in [-0.15, -0.1) is 0 Å². The zero-order valence-corrected chi connectivity index (χ0v) is 12.8. The van der Waals surface area contributed by atoms with Crippen LogP contribution >= 0.6 is 23.2 Å². The molecule has 1 aromatic rings. The van der Waals surface area contributed by atoms with Crippen molar-refractivity contribution in [2.24, 2.45) is 0 Å². The summed E-state index contributed by atoms with van der Waals surface area (Å²) < 4.78 is 5.68. The topological polar surface area (TPSA) is 37.4 Å². The highest BCUT2D eigenvalue weighted by Gasteiger charge is 2.20. The van der Waals surface area contributed by atoms with Crippen molar-refractivity contribution < 1.29 is 4.74 Å². The smallest absolute Gasteiger partial charge is 0.234 e. The number of nitrogens with one attached hydrogen (secondary N) is 1. The molecule has 2 heterocycles. The van der Waals surface area contributed by atoms with E-state index in [1.54, 1.807) is 13.1 Å². The highest BCUT2D eigenvalue weighted by molar-refractivity contribution is 6.36. The lowest BCUT2D eigenvalue weighted by molar-refractivity contribution is 0.229. The van der Waals surface area contributed by atoms with Crippen LogP contribution in [-0.2, 0) is 0 Å². The fraction of sp³-hybridized carbons (Fsp3) is 0.615. The number of likely N-dealkylation sites (tertiary alicyclic amines) is 1. The molecule has 1 unspecified atom stereocenters. The van der Waals surface area contributed by atoms with Gasteiger partial charge in [0.25, 0.3) is 0 Å². The van der Waals surface area contributed by atoms with Crippen LogP contribution in [0.5, 0.6) is 5.88 Å². The Bertz CT molecular complexity index is 442. The first kappa shape index (κ1) is 14.7. The second kappa shape index (κ2) is 6.64. The maximum absolute atomic E-state index is 6.07. The predicted molar refractivity (Wildman–Crippen MR) is 79.6 cm³/mol. The van der Waals surface area contributed by atoms with Gasteiger partial charge < -0.3 is 15.0 Å². The van der Waals surface area contributed by atoms with Gasteiger partial charge in [-0.3, -0.25) is 0 Å². The van der Waals surface area contributed by atoms with Crippen LogP contribution < -0.4 is 10.1 Å². The Balaban J connectivity index is 1.92. The number of rotatable bonds is 5. The summed E-state index contributed by atoms with van der Waals surface area (Å²) in [5.41, 5.74) is 0. The lowest BCUT2D eigenvalue weighted by Gasteiger charge is -2.19. The van der Waals surface area contributed by atoms with Gasteiger partial charge in [-0.1, -0.05) is 23.2 Å². The minimum Gasteiger partial charge on any atom is -0.476 e.